The molecule has 0 bridgehead atoms. The summed E-state index contributed by atoms with van der Waals surface area (Å²) in [6.07, 6.45) is 1.99. The summed E-state index contributed by atoms with van der Waals surface area (Å²) < 4.78 is 28.5. The molecule has 1 atom stereocenters. The highest BCUT2D eigenvalue weighted by molar-refractivity contribution is 7.90. The quantitative estimate of drug-likeness (QED) is 0.712. The minimum atomic E-state index is -3.45. The number of amides is 1. The predicted molar refractivity (Wildman–Crippen MR) is 108 cm³/mol. The summed E-state index contributed by atoms with van der Waals surface area (Å²) in [7, 11) is -3.45. The van der Waals surface area contributed by atoms with Crippen LogP contribution in [0.15, 0.2) is 47.4 Å². The van der Waals surface area contributed by atoms with Crippen LogP contribution in [0.25, 0.3) is 0 Å². The van der Waals surface area contributed by atoms with E-state index < -0.39 is 28.3 Å². The van der Waals surface area contributed by atoms with Crippen LogP contribution in [0.3, 0.4) is 0 Å². The van der Waals surface area contributed by atoms with E-state index in [0.717, 1.165) is 18.2 Å². The van der Waals surface area contributed by atoms with Crippen molar-refractivity contribution >= 4 is 27.4 Å². The number of sulfone groups is 1. The van der Waals surface area contributed by atoms with Gasteiger partial charge in [-0.25, -0.2) is 13.2 Å². The van der Waals surface area contributed by atoms with Crippen LogP contribution in [-0.2, 0) is 19.4 Å². The third kappa shape index (κ3) is 5.42. The largest absolute Gasteiger partial charge is 0.452 e. The van der Waals surface area contributed by atoms with Gasteiger partial charge in [-0.05, 0) is 48.6 Å². The molecular formula is C21H25NO5S. The maximum absolute atomic E-state index is 12.3. The minimum Gasteiger partial charge on any atom is -0.452 e. The van der Waals surface area contributed by atoms with Crippen molar-refractivity contribution in [3.63, 3.8) is 0 Å². The maximum atomic E-state index is 12.3. The Labute approximate surface area is 165 Å². The molecule has 1 N–H and O–H groups in total. The van der Waals surface area contributed by atoms with Crippen molar-refractivity contribution < 1.29 is 22.7 Å². The Bertz CT molecular complexity index is 982. The molecule has 0 saturated heterocycles. The fourth-order valence-corrected chi connectivity index (χ4v) is 3.35. The summed E-state index contributed by atoms with van der Waals surface area (Å²) in [5.41, 5.74) is 2.39. The van der Waals surface area contributed by atoms with Crippen molar-refractivity contribution in [3.8, 4) is 0 Å². The van der Waals surface area contributed by atoms with Crippen LogP contribution in [0.5, 0.6) is 0 Å². The highest BCUT2D eigenvalue weighted by Gasteiger charge is 2.17. The molecule has 0 unspecified atom stereocenters. The van der Waals surface area contributed by atoms with E-state index >= 15 is 0 Å². The zero-order chi connectivity index (χ0) is 20.9. The van der Waals surface area contributed by atoms with Crippen LogP contribution < -0.4 is 5.32 Å². The third-order valence-electron chi connectivity index (χ3n) is 4.57. The summed E-state index contributed by atoms with van der Waals surface area (Å²) in [5, 5.41) is 2.77. The average Bonchev–Trinajstić information content (AvgIpc) is 2.65. The van der Waals surface area contributed by atoms with Crippen LogP contribution >= 0.6 is 0 Å². The number of para-hydroxylation sites is 1. The standard InChI is InChI=1S/C21H25NO5S/c1-5-14(2)17-8-6-7-9-19(17)22-20(23)13-27-21(24)18-12-16(28(4,25)26)11-10-15(18)3/h6-12,14H,5,13H2,1-4H3,(H,22,23)/t14-/m0/s1. The first-order valence-electron chi connectivity index (χ1n) is 9.00. The molecule has 2 aromatic rings. The van der Waals surface area contributed by atoms with Gasteiger partial charge in [0.2, 0.25) is 0 Å². The minimum absolute atomic E-state index is 0.0250. The fourth-order valence-electron chi connectivity index (χ4n) is 2.71. The number of anilines is 1. The SMILES string of the molecule is CC[C@H](C)c1ccccc1NC(=O)COC(=O)c1cc(S(C)(=O)=O)ccc1C. The number of carbonyl (C=O) groups excluding carboxylic acids is 2. The topological polar surface area (TPSA) is 89.5 Å². The first kappa shape index (κ1) is 21.6. The molecule has 0 fully saturated rings. The van der Waals surface area contributed by atoms with E-state index in [1.807, 2.05) is 18.2 Å². The Kier molecular flexibility index (Phi) is 6.96. The van der Waals surface area contributed by atoms with Crippen molar-refractivity contribution in [1.82, 2.24) is 0 Å². The zero-order valence-electron chi connectivity index (χ0n) is 16.5. The number of carbonyl (C=O) groups is 2. The van der Waals surface area contributed by atoms with E-state index in [4.69, 9.17) is 4.74 Å². The van der Waals surface area contributed by atoms with E-state index in [1.54, 1.807) is 13.0 Å². The van der Waals surface area contributed by atoms with Gasteiger partial charge in [0.15, 0.2) is 16.4 Å². The van der Waals surface area contributed by atoms with E-state index in [9.17, 15) is 18.0 Å². The Morgan fingerprint density at radius 3 is 2.46 bits per heavy atom. The molecule has 7 heteroatoms. The monoisotopic (exact) mass is 403 g/mol. The second-order valence-electron chi connectivity index (χ2n) is 6.77. The Morgan fingerprint density at radius 2 is 1.82 bits per heavy atom. The third-order valence-corrected chi connectivity index (χ3v) is 5.68. The number of ether oxygens (including phenoxy) is 1. The summed E-state index contributed by atoms with van der Waals surface area (Å²) in [4.78, 5) is 24.6. The lowest BCUT2D eigenvalue weighted by molar-refractivity contribution is -0.119. The molecule has 0 radical (unpaired) electrons. The number of hydrogen-bond donors (Lipinski definition) is 1. The molecule has 150 valence electrons. The Balaban J connectivity index is 2.07. The molecule has 28 heavy (non-hydrogen) atoms. The van der Waals surface area contributed by atoms with E-state index in [1.165, 1.54) is 18.2 Å². The molecule has 2 aromatic carbocycles. The van der Waals surface area contributed by atoms with E-state index in [2.05, 4.69) is 19.2 Å². The van der Waals surface area contributed by atoms with Gasteiger partial charge < -0.3 is 10.1 Å². The van der Waals surface area contributed by atoms with Crippen molar-refractivity contribution in [2.24, 2.45) is 0 Å². The summed E-state index contributed by atoms with van der Waals surface area (Å²) >= 11 is 0. The van der Waals surface area contributed by atoms with Crippen molar-refractivity contribution in [2.75, 3.05) is 18.2 Å². The molecule has 0 aliphatic rings. The second-order valence-corrected chi connectivity index (χ2v) is 8.79. The van der Waals surface area contributed by atoms with Crippen LogP contribution in [0.4, 0.5) is 5.69 Å². The number of nitrogens with one attached hydrogen (secondary N) is 1. The number of rotatable bonds is 7. The van der Waals surface area contributed by atoms with Crippen LogP contribution in [0, 0.1) is 6.92 Å². The molecule has 0 spiro atoms. The molecule has 0 aliphatic heterocycles. The van der Waals surface area contributed by atoms with Crippen LogP contribution in [0.1, 0.15) is 47.7 Å². The Morgan fingerprint density at radius 1 is 1.14 bits per heavy atom. The van der Waals surface area contributed by atoms with Gasteiger partial charge in [0.05, 0.1) is 10.5 Å². The van der Waals surface area contributed by atoms with Crippen LogP contribution in [0.2, 0.25) is 0 Å². The normalized spacial score (nSPS) is 12.3. The molecule has 0 aliphatic carbocycles. The number of benzene rings is 2. The predicted octanol–water partition coefficient (Wildman–Crippen LogP) is 3.71. The highest BCUT2D eigenvalue weighted by Crippen LogP contribution is 2.26. The van der Waals surface area contributed by atoms with Gasteiger partial charge in [-0.1, -0.05) is 38.1 Å². The highest BCUT2D eigenvalue weighted by atomic mass is 32.2. The van der Waals surface area contributed by atoms with Gasteiger partial charge in [-0.3, -0.25) is 4.79 Å². The fraction of sp³-hybridized carbons (Fsp3) is 0.333. The lowest BCUT2D eigenvalue weighted by Crippen LogP contribution is -2.22. The number of aryl methyl sites for hydroxylation is 1. The lowest BCUT2D eigenvalue weighted by Gasteiger charge is -2.15. The van der Waals surface area contributed by atoms with E-state index in [0.29, 0.717) is 11.3 Å². The summed E-state index contributed by atoms with van der Waals surface area (Å²) in [6.45, 7) is 5.35. The number of esters is 1. The summed E-state index contributed by atoms with van der Waals surface area (Å²) in [6, 6.07) is 11.7. The van der Waals surface area contributed by atoms with Crippen molar-refractivity contribution in [1.29, 1.82) is 0 Å². The van der Waals surface area contributed by atoms with Crippen LogP contribution in [-0.4, -0.2) is 33.2 Å². The molecule has 2 rings (SSSR count). The van der Waals surface area contributed by atoms with Gasteiger partial charge in [0.1, 0.15) is 0 Å². The molecule has 1 amide bonds. The first-order chi connectivity index (χ1) is 13.1. The molecule has 6 nitrogen and oxygen atoms in total. The van der Waals surface area contributed by atoms with Gasteiger partial charge in [0, 0.05) is 11.9 Å². The van der Waals surface area contributed by atoms with Crippen molar-refractivity contribution in [3.05, 3.63) is 59.2 Å². The second kappa shape index (κ2) is 9.01. The zero-order valence-corrected chi connectivity index (χ0v) is 17.3. The maximum Gasteiger partial charge on any atom is 0.338 e. The van der Waals surface area contributed by atoms with Crippen molar-refractivity contribution in [2.45, 2.75) is 38.0 Å². The molecule has 0 saturated carbocycles. The van der Waals surface area contributed by atoms with Gasteiger partial charge >= 0.3 is 5.97 Å². The Hall–Kier alpha value is -2.67. The molecule has 0 aromatic heterocycles. The van der Waals surface area contributed by atoms with Gasteiger partial charge in [-0.15, -0.1) is 0 Å². The van der Waals surface area contributed by atoms with Gasteiger partial charge in [0.25, 0.3) is 5.91 Å². The smallest absolute Gasteiger partial charge is 0.338 e. The summed E-state index contributed by atoms with van der Waals surface area (Å²) in [5.74, 6) is -0.921. The van der Waals surface area contributed by atoms with Gasteiger partial charge in [-0.2, -0.15) is 0 Å². The first-order valence-corrected chi connectivity index (χ1v) is 10.9. The molecule has 0 heterocycles. The number of hydrogen-bond acceptors (Lipinski definition) is 5. The molecular weight excluding hydrogens is 378 g/mol. The average molecular weight is 404 g/mol. The lowest BCUT2D eigenvalue weighted by atomic mass is 9.97. The van der Waals surface area contributed by atoms with E-state index in [-0.39, 0.29) is 16.4 Å².